The first-order valence-electron chi connectivity index (χ1n) is 4.79. The number of nitrogens with one attached hydrogen (secondary N) is 1. The number of alkyl carbamates (subject to hydrolysis) is 1. The number of benzene rings is 1. The van der Waals surface area contributed by atoms with Gasteiger partial charge in [0.1, 0.15) is 11.9 Å². The van der Waals surface area contributed by atoms with Crippen LogP contribution in [-0.2, 0) is 4.74 Å². The molecule has 0 aromatic heterocycles. The van der Waals surface area contributed by atoms with E-state index in [1.165, 1.54) is 0 Å². The van der Waals surface area contributed by atoms with Gasteiger partial charge in [-0.05, 0) is 24.1 Å². The lowest BCUT2D eigenvalue weighted by Gasteiger charge is -2.11. The van der Waals surface area contributed by atoms with Crippen LogP contribution >= 0.6 is 0 Å². The third-order valence-corrected chi connectivity index (χ3v) is 2.48. The predicted molar refractivity (Wildman–Crippen MR) is 55.0 cm³/mol. The normalized spacial score (nSPS) is 19.6. The molecule has 80 valence electrons. The highest BCUT2D eigenvalue weighted by atomic mass is 16.6. The first-order chi connectivity index (χ1) is 7.20. The summed E-state index contributed by atoms with van der Waals surface area (Å²) in [5.74, 6) is 0.815. The topological polar surface area (TPSA) is 47.6 Å². The molecule has 1 unspecified atom stereocenters. The average Bonchev–Trinajstić information content (AvgIpc) is 2.66. The van der Waals surface area contributed by atoms with Gasteiger partial charge in [0, 0.05) is 0 Å². The van der Waals surface area contributed by atoms with Crippen molar-refractivity contribution >= 4 is 6.09 Å². The lowest BCUT2D eigenvalue weighted by Crippen LogP contribution is -2.12. The largest absolute Gasteiger partial charge is 0.496 e. The fourth-order valence-electron chi connectivity index (χ4n) is 1.61. The zero-order valence-electron chi connectivity index (χ0n) is 8.74. The van der Waals surface area contributed by atoms with Crippen LogP contribution < -0.4 is 10.1 Å². The molecule has 0 aliphatic carbocycles. The van der Waals surface area contributed by atoms with Crippen LogP contribution in [0.2, 0.25) is 0 Å². The monoisotopic (exact) mass is 207 g/mol. The second-order valence-electron chi connectivity index (χ2n) is 3.50. The van der Waals surface area contributed by atoms with E-state index in [1.54, 1.807) is 7.11 Å². The Morgan fingerprint density at radius 2 is 2.33 bits per heavy atom. The maximum absolute atomic E-state index is 10.9. The van der Waals surface area contributed by atoms with Crippen LogP contribution in [-0.4, -0.2) is 19.7 Å². The molecule has 0 radical (unpaired) electrons. The Morgan fingerprint density at radius 3 is 2.93 bits per heavy atom. The molecular formula is C11H13NO3. The third kappa shape index (κ3) is 1.88. The first-order valence-corrected chi connectivity index (χ1v) is 4.79. The molecular weight excluding hydrogens is 194 g/mol. The number of hydrogen-bond donors (Lipinski definition) is 1. The van der Waals surface area contributed by atoms with Gasteiger partial charge in [0.15, 0.2) is 0 Å². The van der Waals surface area contributed by atoms with Crippen LogP contribution in [0.3, 0.4) is 0 Å². The van der Waals surface area contributed by atoms with Gasteiger partial charge in [-0.15, -0.1) is 0 Å². The van der Waals surface area contributed by atoms with Gasteiger partial charge in [0.05, 0.1) is 13.7 Å². The van der Waals surface area contributed by atoms with Crippen molar-refractivity contribution in [2.24, 2.45) is 0 Å². The third-order valence-electron chi connectivity index (χ3n) is 2.48. The van der Waals surface area contributed by atoms with Gasteiger partial charge in [-0.25, -0.2) is 4.79 Å². The van der Waals surface area contributed by atoms with Crippen molar-refractivity contribution in [1.29, 1.82) is 0 Å². The number of rotatable bonds is 2. The number of hydrogen-bond acceptors (Lipinski definition) is 3. The molecule has 0 bridgehead atoms. The highest BCUT2D eigenvalue weighted by molar-refractivity contribution is 5.69. The van der Waals surface area contributed by atoms with Crippen LogP contribution in [0.1, 0.15) is 17.2 Å². The van der Waals surface area contributed by atoms with Crippen molar-refractivity contribution in [3.05, 3.63) is 29.3 Å². The lowest BCUT2D eigenvalue weighted by atomic mass is 10.1. The van der Waals surface area contributed by atoms with Gasteiger partial charge in [0.2, 0.25) is 0 Å². The number of carbonyl (C=O) groups is 1. The van der Waals surface area contributed by atoms with Gasteiger partial charge in [-0.1, -0.05) is 12.1 Å². The Labute approximate surface area is 88.2 Å². The summed E-state index contributed by atoms with van der Waals surface area (Å²) in [6.45, 7) is 2.49. The van der Waals surface area contributed by atoms with Gasteiger partial charge < -0.3 is 14.8 Å². The fourth-order valence-corrected chi connectivity index (χ4v) is 1.61. The number of methoxy groups -OCH3 is 1. The van der Waals surface area contributed by atoms with E-state index < -0.39 is 0 Å². The van der Waals surface area contributed by atoms with Gasteiger partial charge in [0.25, 0.3) is 0 Å². The average molecular weight is 207 g/mol. The molecule has 4 nitrogen and oxygen atoms in total. The molecule has 1 atom stereocenters. The summed E-state index contributed by atoms with van der Waals surface area (Å²) in [4.78, 5) is 10.9. The van der Waals surface area contributed by atoms with Crippen molar-refractivity contribution in [3.8, 4) is 5.75 Å². The minimum atomic E-state index is -0.362. The first kappa shape index (κ1) is 9.83. The van der Waals surface area contributed by atoms with Gasteiger partial charge >= 0.3 is 6.09 Å². The Kier molecular flexibility index (Phi) is 2.49. The van der Waals surface area contributed by atoms with E-state index in [2.05, 4.69) is 5.32 Å². The van der Waals surface area contributed by atoms with E-state index in [9.17, 15) is 4.79 Å². The van der Waals surface area contributed by atoms with E-state index in [4.69, 9.17) is 9.47 Å². The van der Waals surface area contributed by atoms with Crippen LogP contribution in [0.25, 0.3) is 0 Å². The summed E-state index contributed by atoms with van der Waals surface area (Å²) in [6, 6.07) is 5.81. The van der Waals surface area contributed by atoms with Crippen LogP contribution in [0.4, 0.5) is 4.79 Å². The lowest BCUT2D eigenvalue weighted by molar-refractivity contribution is 0.141. The summed E-state index contributed by atoms with van der Waals surface area (Å²) in [6.07, 6.45) is -0.563. The fraction of sp³-hybridized carbons (Fsp3) is 0.364. The number of ether oxygens (including phenoxy) is 2. The van der Waals surface area contributed by atoms with Crippen LogP contribution in [0.15, 0.2) is 18.2 Å². The molecule has 1 amide bonds. The summed E-state index contributed by atoms with van der Waals surface area (Å²) in [5, 5.41) is 2.62. The molecule has 1 saturated heterocycles. The zero-order chi connectivity index (χ0) is 10.8. The molecule has 0 spiro atoms. The Balaban J connectivity index is 2.25. The highest BCUT2D eigenvalue weighted by Crippen LogP contribution is 2.26. The highest BCUT2D eigenvalue weighted by Gasteiger charge is 2.24. The molecule has 2 rings (SSSR count). The SMILES string of the molecule is COc1cc(C2CNC(=O)O2)ccc1C. The molecule has 1 aliphatic rings. The quantitative estimate of drug-likeness (QED) is 0.804. The number of carbonyl (C=O) groups excluding carboxylic acids is 1. The number of cyclic esters (lactones) is 1. The van der Waals surface area contributed by atoms with Crippen LogP contribution in [0, 0.1) is 6.92 Å². The minimum absolute atomic E-state index is 0.202. The van der Waals surface area contributed by atoms with Crippen LogP contribution in [0.5, 0.6) is 5.75 Å². The van der Waals surface area contributed by atoms with Crippen molar-refractivity contribution in [2.45, 2.75) is 13.0 Å². The van der Waals surface area contributed by atoms with E-state index in [0.29, 0.717) is 6.54 Å². The molecule has 1 aromatic rings. The summed E-state index contributed by atoms with van der Waals surface area (Å²) < 4.78 is 10.3. The van der Waals surface area contributed by atoms with E-state index in [0.717, 1.165) is 16.9 Å². The smallest absolute Gasteiger partial charge is 0.407 e. The van der Waals surface area contributed by atoms with Crippen molar-refractivity contribution < 1.29 is 14.3 Å². The molecule has 15 heavy (non-hydrogen) atoms. The number of amides is 1. The van der Waals surface area contributed by atoms with E-state index >= 15 is 0 Å². The number of aryl methyl sites for hydroxylation is 1. The second kappa shape index (κ2) is 3.81. The predicted octanol–water partition coefficient (Wildman–Crippen LogP) is 1.78. The Bertz CT molecular complexity index is 389. The van der Waals surface area contributed by atoms with E-state index in [-0.39, 0.29) is 12.2 Å². The minimum Gasteiger partial charge on any atom is -0.496 e. The maximum atomic E-state index is 10.9. The molecule has 1 aromatic carbocycles. The zero-order valence-corrected chi connectivity index (χ0v) is 8.74. The van der Waals surface area contributed by atoms with E-state index in [1.807, 2.05) is 25.1 Å². The molecule has 1 N–H and O–H groups in total. The standard InChI is InChI=1S/C11H13NO3/c1-7-3-4-8(5-9(7)14-2)10-6-12-11(13)15-10/h3-5,10H,6H2,1-2H3,(H,12,13). The van der Waals surface area contributed by atoms with Gasteiger partial charge in [-0.2, -0.15) is 0 Å². The van der Waals surface area contributed by atoms with Gasteiger partial charge in [-0.3, -0.25) is 0 Å². The summed E-state index contributed by atoms with van der Waals surface area (Å²) in [7, 11) is 1.63. The molecule has 4 heteroatoms. The Morgan fingerprint density at radius 1 is 1.53 bits per heavy atom. The molecule has 0 saturated carbocycles. The van der Waals surface area contributed by atoms with Crippen molar-refractivity contribution in [3.63, 3.8) is 0 Å². The van der Waals surface area contributed by atoms with Crippen molar-refractivity contribution in [2.75, 3.05) is 13.7 Å². The van der Waals surface area contributed by atoms with Crippen molar-refractivity contribution in [1.82, 2.24) is 5.32 Å². The summed E-state index contributed by atoms with van der Waals surface area (Å²) >= 11 is 0. The maximum Gasteiger partial charge on any atom is 0.407 e. The molecule has 1 heterocycles. The molecule has 1 fully saturated rings. The molecule has 1 aliphatic heterocycles. The Hall–Kier alpha value is -1.71. The summed E-state index contributed by atoms with van der Waals surface area (Å²) in [5.41, 5.74) is 2.02. The second-order valence-corrected chi connectivity index (χ2v) is 3.50.